The van der Waals surface area contributed by atoms with Crippen LogP contribution in [0.5, 0.6) is 0 Å². The van der Waals surface area contributed by atoms with Gasteiger partial charge in [-0.25, -0.2) is 13.4 Å². The van der Waals surface area contributed by atoms with Gasteiger partial charge in [-0.2, -0.15) is 0 Å². The molecule has 194 valence electrons. The van der Waals surface area contributed by atoms with Gasteiger partial charge in [-0.3, -0.25) is 19.2 Å². The molecule has 7 nitrogen and oxygen atoms in total. The van der Waals surface area contributed by atoms with Crippen LogP contribution < -0.4 is 5.56 Å². The molecule has 0 aliphatic carbocycles. The fourth-order valence-electron chi connectivity index (χ4n) is 4.51. The molecule has 0 bridgehead atoms. The summed E-state index contributed by atoms with van der Waals surface area (Å²) in [5.74, 6) is -0.0400. The molecule has 0 unspecified atom stereocenters. The average molecular weight is 661 g/mol. The van der Waals surface area contributed by atoms with Crippen LogP contribution in [0, 0.1) is 0 Å². The van der Waals surface area contributed by atoms with Crippen molar-refractivity contribution in [1.29, 1.82) is 0 Å². The van der Waals surface area contributed by atoms with Crippen molar-refractivity contribution in [2.24, 2.45) is 0 Å². The highest BCUT2D eigenvalue weighted by molar-refractivity contribution is 9.11. The van der Waals surface area contributed by atoms with Crippen molar-refractivity contribution < 1.29 is 8.42 Å². The van der Waals surface area contributed by atoms with Gasteiger partial charge in [0.05, 0.1) is 34.4 Å². The van der Waals surface area contributed by atoms with Crippen LogP contribution >= 0.6 is 43.5 Å². The van der Waals surface area contributed by atoms with Crippen LogP contribution in [0.2, 0.25) is 5.02 Å². The van der Waals surface area contributed by atoms with Crippen LogP contribution in [-0.4, -0.2) is 65.7 Å². The van der Waals surface area contributed by atoms with E-state index >= 15 is 0 Å². The van der Waals surface area contributed by atoms with E-state index in [4.69, 9.17) is 11.6 Å². The van der Waals surface area contributed by atoms with Crippen molar-refractivity contribution in [1.82, 2.24) is 19.4 Å². The van der Waals surface area contributed by atoms with Crippen molar-refractivity contribution in [3.63, 3.8) is 0 Å². The summed E-state index contributed by atoms with van der Waals surface area (Å²) in [5.41, 5.74) is 1.85. The molecule has 1 aromatic heterocycles. The van der Waals surface area contributed by atoms with Gasteiger partial charge in [0.25, 0.3) is 5.56 Å². The van der Waals surface area contributed by atoms with Crippen molar-refractivity contribution in [2.75, 3.05) is 31.9 Å². The van der Waals surface area contributed by atoms with Gasteiger partial charge in [0.2, 0.25) is 0 Å². The number of piperazine rings is 1. The third-order valence-corrected chi connectivity index (χ3v) is 10.3. The Morgan fingerprint density at radius 2 is 1.78 bits per heavy atom. The zero-order valence-corrected chi connectivity index (χ0v) is 25.2. The van der Waals surface area contributed by atoms with Crippen molar-refractivity contribution in [3.8, 4) is 0 Å². The average Bonchev–Trinajstić information content (AvgIpc) is 2.84. The molecule has 1 fully saturated rings. The van der Waals surface area contributed by atoms with E-state index in [2.05, 4.69) is 60.5 Å². The fourth-order valence-corrected chi connectivity index (χ4v) is 7.28. The zero-order chi connectivity index (χ0) is 26.2. The van der Waals surface area contributed by atoms with Gasteiger partial charge in [-0.1, -0.05) is 34.5 Å². The predicted molar refractivity (Wildman–Crippen MR) is 152 cm³/mol. The summed E-state index contributed by atoms with van der Waals surface area (Å²) in [5, 5.41) is 0.859. The Balaban J connectivity index is 1.67. The molecule has 4 rings (SSSR count). The first kappa shape index (κ1) is 27.7. The van der Waals surface area contributed by atoms with Crippen molar-refractivity contribution in [2.45, 2.75) is 44.8 Å². The second-order valence-electron chi connectivity index (χ2n) is 9.29. The Labute approximate surface area is 233 Å². The molecule has 0 radical (unpaired) electrons. The van der Waals surface area contributed by atoms with Gasteiger partial charge in [0, 0.05) is 52.7 Å². The molecule has 2 heterocycles. The lowest BCUT2D eigenvalue weighted by molar-refractivity contribution is 0.104. The van der Waals surface area contributed by atoms with Crippen LogP contribution in [0.15, 0.2) is 49.2 Å². The minimum Gasteiger partial charge on any atom is -0.298 e. The summed E-state index contributed by atoms with van der Waals surface area (Å²) in [6.07, 6.45) is 1.47. The maximum absolute atomic E-state index is 13.4. The quantitative estimate of drug-likeness (QED) is 0.358. The Morgan fingerprint density at radius 1 is 1.08 bits per heavy atom. The maximum atomic E-state index is 13.4. The molecular weight excluding hydrogens is 632 g/mol. The van der Waals surface area contributed by atoms with Gasteiger partial charge in [0.15, 0.2) is 9.84 Å². The van der Waals surface area contributed by atoms with E-state index in [0.717, 1.165) is 47.2 Å². The van der Waals surface area contributed by atoms with Crippen LogP contribution in [-0.2, 0) is 22.9 Å². The highest BCUT2D eigenvalue weighted by Crippen LogP contribution is 2.33. The van der Waals surface area contributed by atoms with Gasteiger partial charge in [-0.15, -0.1) is 0 Å². The molecular formula is C25H29Br2ClN4O3S. The summed E-state index contributed by atoms with van der Waals surface area (Å²) in [7, 11) is -3.48. The summed E-state index contributed by atoms with van der Waals surface area (Å²) in [6, 6.07) is 6.99. The highest BCUT2D eigenvalue weighted by atomic mass is 79.9. The minimum absolute atomic E-state index is 0.0400. The van der Waals surface area contributed by atoms with E-state index < -0.39 is 9.84 Å². The summed E-state index contributed by atoms with van der Waals surface area (Å²) in [4.78, 5) is 23.1. The van der Waals surface area contributed by atoms with E-state index in [1.165, 1.54) is 17.0 Å². The Morgan fingerprint density at radius 3 is 2.42 bits per heavy atom. The minimum atomic E-state index is -3.48. The maximum Gasteiger partial charge on any atom is 0.261 e. The number of rotatable bonds is 7. The molecule has 0 N–H and O–H groups in total. The number of fused-ring (bicyclic) bond motifs is 1. The van der Waals surface area contributed by atoms with Gasteiger partial charge < -0.3 is 0 Å². The molecule has 0 saturated carbocycles. The fraction of sp³-hybridized carbons (Fsp3) is 0.440. The number of hydrogen-bond donors (Lipinski definition) is 0. The number of hydrogen-bond acceptors (Lipinski definition) is 6. The lowest BCUT2D eigenvalue weighted by Gasteiger charge is -2.37. The summed E-state index contributed by atoms with van der Waals surface area (Å²) in [6.45, 7) is 10.9. The number of halogens is 3. The van der Waals surface area contributed by atoms with E-state index in [0.29, 0.717) is 27.5 Å². The molecule has 2 aromatic carbocycles. The van der Waals surface area contributed by atoms with Crippen LogP contribution in [0.25, 0.3) is 10.9 Å². The smallest absolute Gasteiger partial charge is 0.261 e. The monoisotopic (exact) mass is 658 g/mol. The number of benzene rings is 2. The second-order valence-corrected chi connectivity index (χ2v) is 13.6. The number of nitrogens with zero attached hydrogens (tertiary/aromatic N) is 4. The SMILES string of the molecule is CCS(=O)(=O)c1ccc(Cl)cc1Cn1cnc2c(Br)c(CN3CCN(C(C)C)CC3)c(Br)cc2c1=O. The lowest BCUT2D eigenvalue weighted by atomic mass is 10.1. The zero-order valence-electron chi connectivity index (χ0n) is 20.5. The van der Waals surface area contributed by atoms with E-state index in [1.54, 1.807) is 19.1 Å². The second kappa shape index (κ2) is 11.2. The first-order valence-corrected chi connectivity index (χ1v) is 15.5. The lowest BCUT2D eigenvalue weighted by Crippen LogP contribution is -2.48. The van der Waals surface area contributed by atoms with Gasteiger partial charge >= 0.3 is 0 Å². The molecule has 0 amide bonds. The summed E-state index contributed by atoms with van der Waals surface area (Å²) < 4.78 is 28.2. The van der Waals surface area contributed by atoms with E-state index in [1.807, 2.05) is 6.07 Å². The Kier molecular flexibility index (Phi) is 8.63. The topological polar surface area (TPSA) is 75.5 Å². The molecule has 0 atom stereocenters. The number of aromatic nitrogens is 2. The van der Waals surface area contributed by atoms with Crippen LogP contribution in [0.1, 0.15) is 31.9 Å². The van der Waals surface area contributed by atoms with Crippen molar-refractivity contribution >= 4 is 64.2 Å². The third kappa shape index (κ3) is 5.73. The van der Waals surface area contributed by atoms with E-state index in [-0.39, 0.29) is 22.8 Å². The normalized spacial score (nSPS) is 15.8. The first-order chi connectivity index (χ1) is 17.0. The Bertz CT molecular complexity index is 1450. The van der Waals surface area contributed by atoms with Gasteiger partial charge in [0.1, 0.15) is 0 Å². The van der Waals surface area contributed by atoms with E-state index in [9.17, 15) is 13.2 Å². The molecule has 1 aliphatic rings. The molecule has 0 spiro atoms. The first-order valence-electron chi connectivity index (χ1n) is 11.9. The van der Waals surface area contributed by atoms with Crippen LogP contribution in [0.4, 0.5) is 0 Å². The predicted octanol–water partition coefficient (Wildman–Crippen LogP) is 4.94. The van der Waals surface area contributed by atoms with Crippen molar-refractivity contribution in [3.05, 3.63) is 66.0 Å². The van der Waals surface area contributed by atoms with Gasteiger partial charge in [-0.05, 0) is 65.2 Å². The molecule has 11 heteroatoms. The van der Waals surface area contributed by atoms with Crippen LogP contribution in [0.3, 0.4) is 0 Å². The molecule has 1 saturated heterocycles. The molecule has 1 aliphatic heterocycles. The Hall–Kier alpha value is -1.30. The largest absolute Gasteiger partial charge is 0.298 e. The number of sulfone groups is 1. The standard InChI is InChI=1S/C25H29Br2ClN4O3S/c1-4-36(34,35)22-6-5-18(28)11-17(22)13-32-15-29-24-19(25(32)33)12-21(26)20(23(24)27)14-30-7-9-31(10-8-30)16(2)3/h5-6,11-12,15-16H,4,7-10,13-14H2,1-3H3. The highest BCUT2D eigenvalue weighted by Gasteiger charge is 2.23. The molecule has 36 heavy (non-hydrogen) atoms. The summed E-state index contributed by atoms with van der Waals surface area (Å²) >= 11 is 13.5. The third-order valence-electron chi connectivity index (χ3n) is 6.70. The molecule has 3 aromatic rings.